The first-order valence-corrected chi connectivity index (χ1v) is 8.65. The third-order valence-electron chi connectivity index (χ3n) is 5.35. The largest absolute Gasteiger partial charge is 0.384 e. The summed E-state index contributed by atoms with van der Waals surface area (Å²) in [4.78, 5) is 8.95. The maximum Gasteiger partial charge on any atom is 0.257 e. The minimum Gasteiger partial charge on any atom is -0.384 e. The number of hydrogen-bond donors (Lipinski definition) is 1. The average Bonchev–Trinajstić information content (AvgIpc) is 3.26. The monoisotopic (exact) mass is 353 g/mol. The topological polar surface area (TPSA) is 113 Å². The van der Waals surface area contributed by atoms with Gasteiger partial charge in [-0.05, 0) is 31.4 Å². The fraction of sp³-hybridized carbons (Fsp3) is 0.444. The Labute approximate surface area is 149 Å². The SMILES string of the molecule is COCCc1nc(-c2ccc(-c3nc(C45CC(N)(C4)C5)no3)cc2)no1. The molecule has 3 saturated carbocycles. The molecule has 6 rings (SSSR count). The van der Waals surface area contributed by atoms with Crippen LogP contribution in [-0.4, -0.2) is 39.5 Å². The summed E-state index contributed by atoms with van der Waals surface area (Å²) in [6.45, 7) is 0.548. The summed E-state index contributed by atoms with van der Waals surface area (Å²) < 4.78 is 15.7. The number of nitrogens with two attached hydrogens (primary N) is 1. The maximum atomic E-state index is 6.12. The molecule has 8 heteroatoms. The minimum atomic E-state index is 0.0230. The highest BCUT2D eigenvalue weighted by molar-refractivity contribution is 5.62. The fourth-order valence-electron chi connectivity index (χ4n) is 4.08. The Morgan fingerprint density at radius 3 is 2.46 bits per heavy atom. The van der Waals surface area contributed by atoms with Crippen molar-refractivity contribution in [1.82, 2.24) is 20.3 Å². The molecule has 3 aliphatic carbocycles. The van der Waals surface area contributed by atoms with Crippen LogP contribution in [0.2, 0.25) is 0 Å². The van der Waals surface area contributed by atoms with Crippen molar-refractivity contribution in [2.24, 2.45) is 5.73 Å². The Morgan fingerprint density at radius 1 is 1.04 bits per heavy atom. The van der Waals surface area contributed by atoms with Crippen LogP contribution < -0.4 is 5.73 Å². The molecule has 3 aromatic rings. The van der Waals surface area contributed by atoms with E-state index in [2.05, 4.69) is 20.3 Å². The molecule has 0 atom stereocenters. The van der Waals surface area contributed by atoms with E-state index in [1.54, 1.807) is 7.11 Å². The molecule has 134 valence electrons. The highest BCUT2D eigenvalue weighted by Crippen LogP contribution is 2.65. The molecule has 0 saturated heterocycles. The summed E-state index contributed by atoms with van der Waals surface area (Å²) in [5.41, 5.74) is 7.93. The van der Waals surface area contributed by atoms with E-state index in [4.69, 9.17) is 19.5 Å². The van der Waals surface area contributed by atoms with Crippen LogP contribution in [0.15, 0.2) is 33.3 Å². The number of methoxy groups -OCH3 is 1. The van der Waals surface area contributed by atoms with Crippen molar-refractivity contribution in [2.45, 2.75) is 36.6 Å². The summed E-state index contributed by atoms with van der Waals surface area (Å²) in [5.74, 6) is 2.42. The lowest BCUT2D eigenvalue weighted by Crippen LogP contribution is -2.74. The fourth-order valence-corrected chi connectivity index (χ4v) is 4.08. The first-order chi connectivity index (χ1) is 12.6. The van der Waals surface area contributed by atoms with Gasteiger partial charge in [-0.1, -0.05) is 22.4 Å². The smallest absolute Gasteiger partial charge is 0.257 e. The number of hydrogen-bond acceptors (Lipinski definition) is 8. The summed E-state index contributed by atoms with van der Waals surface area (Å²) in [6.07, 6.45) is 3.47. The Hall–Kier alpha value is -2.58. The van der Waals surface area contributed by atoms with E-state index in [1.807, 2.05) is 24.3 Å². The molecule has 2 aromatic heterocycles. The van der Waals surface area contributed by atoms with Gasteiger partial charge in [-0.25, -0.2) is 0 Å². The lowest BCUT2D eigenvalue weighted by atomic mass is 9.39. The number of ether oxygens (including phenoxy) is 1. The summed E-state index contributed by atoms with van der Waals surface area (Å²) in [7, 11) is 1.64. The van der Waals surface area contributed by atoms with Gasteiger partial charge in [-0.3, -0.25) is 0 Å². The lowest BCUT2D eigenvalue weighted by Gasteiger charge is -2.67. The third-order valence-corrected chi connectivity index (χ3v) is 5.35. The van der Waals surface area contributed by atoms with E-state index in [0.29, 0.717) is 30.6 Å². The van der Waals surface area contributed by atoms with Gasteiger partial charge in [0.1, 0.15) is 0 Å². The summed E-state index contributed by atoms with van der Waals surface area (Å²) >= 11 is 0. The maximum absolute atomic E-state index is 6.12. The van der Waals surface area contributed by atoms with Gasteiger partial charge in [-0.15, -0.1) is 0 Å². The van der Waals surface area contributed by atoms with Crippen LogP contribution in [0, 0.1) is 0 Å². The number of nitrogens with zero attached hydrogens (tertiary/aromatic N) is 4. The molecule has 2 heterocycles. The lowest BCUT2D eigenvalue weighted by molar-refractivity contribution is -0.0664. The molecule has 0 radical (unpaired) electrons. The third kappa shape index (κ3) is 2.37. The van der Waals surface area contributed by atoms with E-state index >= 15 is 0 Å². The molecule has 2 bridgehead atoms. The zero-order valence-corrected chi connectivity index (χ0v) is 14.4. The van der Waals surface area contributed by atoms with Crippen LogP contribution in [0.4, 0.5) is 0 Å². The molecule has 26 heavy (non-hydrogen) atoms. The van der Waals surface area contributed by atoms with E-state index in [-0.39, 0.29) is 11.0 Å². The van der Waals surface area contributed by atoms with Gasteiger partial charge in [0.2, 0.25) is 11.7 Å². The van der Waals surface area contributed by atoms with Crippen LogP contribution in [0.5, 0.6) is 0 Å². The van der Waals surface area contributed by atoms with Gasteiger partial charge < -0.3 is 19.5 Å². The number of aromatic nitrogens is 4. The zero-order chi connectivity index (χ0) is 17.8. The molecule has 0 aliphatic heterocycles. The quantitative estimate of drug-likeness (QED) is 0.717. The van der Waals surface area contributed by atoms with Crippen LogP contribution in [0.3, 0.4) is 0 Å². The minimum absolute atomic E-state index is 0.0230. The Kier molecular flexibility index (Phi) is 3.29. The first-order valence-electron chi connectivity index (χ1n) is 8.65. The molecule has 3 fully saturated rings. The highest BCUT2D eigenvalue weighted by atomic mass is 16.5. The van der Waals surface area contributed by atoms with Gasteiger partial charge in [0.15, 0.2) is 5.82 Å². The van der Waals surface area contributed by atoms with Gasteiger partial charge in [0.25, 0.3) is 5.89 Å². The van der Waals surface area contributed by atoms with E-state index in [1.165, 1.54) is 0 Å². The van der Waals surface area contributed by atoms with Crippen molar-refractivity contribution < 1.29 is 13.8 Å². The predicted molar refractivity (Wildman–Crippen MR) is 91.1 cm³/mol. The second-order valence-electron chi connectivity index (χ2n) is 7.43. The van der Waals surface area contributed by atoms with E-state index in [0.717, 1.165) is 36.2 Å². The first kappa shape index (κ1) is 15.7. The summed E-state index contributed by atoms with van der Waals surface area (Å²) in [5, 5.41) is 8.18. The summed E-state index contributed by atoms with van der Waals surface area (Å²) in [6, 6.07) is 7.68. The number of benzene rings is 1. The average molecular weight is 353 g/mol. The predicted octanol–water partition coefficient (Wildman–Crippen LogP) is 2.11. The molecule has 2 N–H and O–H groups in total. The van der Waals surface area contributed by atoms with Crippen molar-refractivity contribution in [3.63, 3.8) is 0 Å². The van der Waals surface area contributed by atoms with Crippen LogP contribution in [0.25, 0.3) is 22.8 Å². The molecular weight excluding hydrogens is 334 g/mol. The van der Waals surface area contributed by atoms with Crippen LogP contribution in [0.1, 0.15) is 31.0 Å². The van der Waals surface area contributed by atoms with Gasteiger partial charge in [-0.2, -0.15) is 9.97 Å². The molecule has 0 spiro atoms. The van der Waals surface area contributed by atoms with Crippen molar-refractivity contribution in [2.75, 3.05) is 13.7 Å². The molecule has 1 aromatic carbocycles. The zero-order valence-electron chi connectivity index (χ0n) is 14.4. The van der Waals surface area contributed by atoms with E-state index in [9.17, 15) is 0 Å². The van der Waals surface area contributed by atoms with Crippen molar-refractivity contribution in [3.05, 3.63) is 36.0 Å². The second-order valence-corrected chi connectivity index (χ2v) is 7.43. The van der Waals surface area contributed by atoms with E-state index < -0.39 is 0 Å². The van der Waals surface area contributed by atoms with Crippen LogP contribution in [-0.2, 0) is 16.6 Å². The van der Waals surface area contributed by atoms with Crippen LogP contribution >= 0.6 is 0 Å². The second kappa shape index (κ2) is 5.46. The number of rotatable bonds is 6. The Bertz CT molecular complexity index is 926. The molecule has 0 amide bonds. The van der Waals surface area contributed by atoms with Crippen molar-refractivity contribution in [1.29, 1.82) is 0 Å². The molecule has 0 unspecified atom stereocenters. The normalized spacial score (nSPS) is 26.4. The van der Waals surface area contributed by atoms with Gasteiger partial charge >= 0.3 is 0 Å². The molecule has 3 aliphatic rings. The van der Waals surface area contributed by atoms with Gasteiger partial charge in [0, 0.05) is 29.2 Å². The van der Waals surface area contributed by atoms with Gasteiger partial charge in [0.05, 0.1) is 13.0 Å². The molecular formula is C18H19N5O3. The molecule has 8 nitrogen and oxygen atoms in total. The van der Waals surface area contributed by atoms with Crippen molar-refractivity contribution >= 4 is 0 Å². The Balaban J connectivity index is 1.32. The highest BCUT2D eigenvalue weighted by Gasteiger charge is 2.68. The van der Waals surface area contributed by atoms with Crippen molar-refractivity contribution in [3.8, 4) is 22.8 Å². The standard InChI is InChI=1S/C18H19N5O3/c1-24-7-6-13-20-14(22-25-13)11-2-4-12(5-3-11)15-21-16(23-26-15)17-8-18(19,9-17)10-17/h2-5H,6-10,19H2,1H3. The Morgan fingerprint density at radius 2 is 1.77 bits per heavy atom.